The van der Waals surface area contributed by atoms with Gasteiger partial charge in [0, 0.05) is 6.04 Å². The maximum absolute atomic E-state index is 13.8. The van der Waals surface area contributed by atoms with Crippen molar-refractivity contribution in [2.75, 3.05) is 7.05 Å². The Morgan fingerprint density at radius 2 is 1.74 bits per heavy atom. The molecule has 1 aliphatic rings. The molecule has 1 aliphatic carbocycles. The predicted octanol–water partition coefficient (Wildman–Crippen LogP) is 3.78. The Morgan fingerprint density at radius 3 is 2.21 bits per heavy atom. The molecule has 1 N–H and O–H groups in total. The Morgan fingerprint density at radius 1 is 1.16 bits per heavy atom. The highest BCUT2D eigenvalue weighted by atomic mass is 19.2. The number of hydrogen-bond donors (Lipinski definition) is 1. The summed E-state index contributed by atoms with van der Waals surface area (Å²) in [4.78, 5) is 0. The van der Waals surface area contributed by atoms with Gasteiger partial charge in [-0.2, -0.15) is 0 Å². The summed E-state index contributed by atoms with van der Waals surface area (Å²) in [6.45, 7) is 8.96. The van der Waals surface area contributed by atoms with Crippen molar-refractivity contribution in [1.82, 2.24) is 5.32 Å². The van der Waals surface area contributed by atoms with Crippen LogP contribution in [0.2, 0.25) is 0 Å². The molecule has 0 heterocycles. The molecule has 1 nitrogen and oxygen atoms in total. The Labute approximate surface area is 114 Å². The van der Waals surface area contributed by atoms with E-state index in [0.717, 1.165) is 6.07 Å². The molecule has 1 aromatic rings. The molecule has 0 spiro atoms. The fourth-order valence-corrected chi connectivity index (χ4v) is 3.58. The molecule has 1 saturated carbocycles. The molecule has 1 unspecified atom stereocenters. The van der Waals surface area contributed by atoms with Crippen molar-refractivity contribution in [2.24, 2.45) is 16.7 Å². The van der Waals surface area contributed by atoms with Crippen LogP contribution in [0.15, 0.2) is 18.2 Å². The zero-order valence-corrected chi connectivity index (χ0v) is 12.3. The van der Waals surface area contributed by atoms with E-state index in [1.165, 1.54) is 0 Å². The van der Waals surface area contributed by atoms with Crippen molar-refractivity contribution >= 4 is 0 Å². The minimum Gasteiger partial charge on any atom is -0.316 e. The third-order valence-electron chi connectivity index (χ3n) is 5.38. The van der Waals surface area contributed by atoms with Gasteiger partial charge in [0.1, 0.15) is 0 Å². The van der Waals surface area contributed by atoms with E-state index in [9.17, 15) is 8.78 Å². The smallest absolute Gasteiger partial charge is 0.162 e. The average molecular weight is 267 g/mol. The zero-order valence-electron chi connectivity index (χ0n) is 12.3. The summed E-state index contributed by atoms with van der Waals surface area (Å²) in [5, 5.41) is 3.28. The molecule has 0 aliphatic heterocycles. The van der Waals surface area contributed by atoms with Crippen molar-refractivity contribution in [3.05, 3.63) is 35.4 Å². The Bertz CT molecular complexity index is 466. The quantitative estimate of drug-likeness (QED) is 0.875. The Balaban J connectivity index is 2.20. The van der Waals surface area contributed by atoms with Gasteiger partial charge in [0.15, 0.2) is 11.6 Å². The van der Waals surface area contributed by atoms with Gasteiger partial charge in [-0.1, -0.05) is 39.8 Å². The van der Waals surface area contributed by atoms with Crippen LogP contribution in [0.4, 0.5) is 8.78 Å². The van der Waals surface area contributed by atoms with E-state index in [1.54, 1.807) is 12.1 Å². The Kier molecular flexibility index (Phi) is 3.46. The minimum atomic E-state index is -0.762. The van der Waals surface area contributed by atoms with Gasteiger partial charge >= 0.3 is 0 Å². The third-order valence-corrected chi connectivity index (χ3v) is 5.38. The lowest BCUT2D eigenvalue weighted by atomic mass is 9.96. The van der Waals surface area contributed by atoms with Crippen LogP contribution in [0.3, 0.4) is 0 Å². The van der Waals surface area contributed by atoms with Crippen LogP contribution in [0, 0.1) is 28.4 Å². The molecule has 3 heteroatoms. The normalized spacial score (nSPS) is 22.3. The lowest BCUT2D eigenvalue weighted by molar-refractivity contribution is 0.410. The molecule has 0 bridgehead atoms. The van der Waals surface area contributed by atoms with E-state index in [4.69, 9.17) is 0 Å². The highest BCUT2D eigenvalue weighted by molar-refractivity contribution is 5.23. The van der Waals surface area contributed by atoms with Crippen LogP contribution in [-0.2, 0) is 6.42 Å². The topological polar surface area (TPSA) is 12.0 Å². The van der Waals surface area contributed by atoms with Gasteiger partial charge in [0.2, 0.25) is 0 Å². The summed E-state index contributed by atoms with van der Waals surface area (Å²) in [6, 6.07) is 4.58. The van der Waals surface area contributed by atoms with Crippen molar-refractivity contribution in [3.63, 3.8) is 0 Å². The van der Waals surface area contributed by atoms with E-state index in [1.807, 2.05) is 7.05 Å². The highest BCUT2D eigenvalue weighted by Crippen LogP contribution is 2.69. The first-order chi connectivity index (χ1) is 8.73. The molecule has 106 valence electrons. The second-order valence-electron chi connectivity index (χ2n) is 6.73. The second-order valence-corrected chi connectivity index (χ2v) is 6.73. The van der Waals surface area contributed by atoms with Crippen molar-refractivity contribution in [2.45, 2.75) is 40.2 Å². The van der Waals surface area contributed by atoms with E-state index in [0.29, 0.717) is 17.9 Å². The molecular formula is C16H23F2N. The van der Waals surface area contributed by atoms with E-state index in [-0.39, 0.29) is 16.9 Å². The highest BCUT2D eigenvalue weighted by Gasteiger charge is 2.66. The number of hydrogen-bond acceptors (Lipinski definition) is 1. The summed E-state index contributed by atoms with van der Waals surface area (Å²) in [6.07, 6.45) is 0.525. The monoisotopic (exact) mass is 267 g/mol. The first-order valence-corrected chi connectivity index (χ1v) is 6.83. The molecule has 0 aromatic heterocycles. The summed E-state index contributed by atoms with van der Waals surface area (Å²) < 4.78 is 27.0. The van der Waals surface area contributed by atoms with Crippen LogP contribution in [0.25, 0.3) is 0 Å². The van der Waals surface area contributed by atoms with Gasteiger partial charge in [-0.05, 0) is 41.8 Å². The molecule has 19 heavy (non-hydrogen) atoms. The number of nitrogens with one attached hydrogen (secondary N) is 1. The number of benzene rings is 1. The number of rotatable bonds is 4. The predicted molar refractivity (Wildman–Crippen MR) is 74.0 cm³/mol. The largest absolute Gasteiger partial charge is 0.316 e. The molecular weight excluding hydrogens is 244 g/mol. The summed E-state index contributed by atoms with van der Waals surface area (Å²) in [7, 11) is 1.90. The van der Waals surface area contributed by atoms with Gasteiger partial charge in [-0.3, -0.25) is 0 Å². The summed E-state index contributed by atoms with van der Waals surface area (Å²) in [5.74, 6) is -1.01. The average Bonchev–Trinajstić information content (AvgIpc) is 2.73. The zero-order chi connectivity index (χ0) is 14.4. The molecule has 0 radical (unpaired) electrons. The van der Waals surface area contributed by atoms with Crippen LogP contribution < -0.4 is 5.32 Å². The third kappa shape index (κ3) is 2.18. The van der Waals surface area contributed by atoms with Crippen LogP contribution >= 0.6 is 0 Å². The van der Waals surface area contributed by atoms with Gasteiger partial charge in [-0.25, -0.2) is 8.78 Å². The molecule has 0 amide bonds. The first kappa shape index (κ1) is 14.4. The SMILES string of the molecule is CNC(Cc1cccc(F)c1F)C1C(C)(C)C1(C)C. The molecule has 1 atom stereocenters. The fraction of sp³-hybridized carbons (Fsp3) is 0.625. The van der Waals surface area contributed by atoms with E-state index < -0.39 is 11.6 Å². The Hall–Kier alpha value is -0.960. The molecule has 1 aromatic carbocycles. The van der Waals surface area contributed by atoms with Crippen LogP contribution in [0.1, 0.15) is 33.3 Å². The van der Waals surface area contributed by atoms with E-state index >= 15 is 0 Å². The summed E-state index contributed by atoms with van der Waals surface area (Å²) >= 11 is 0. The first-order valence-electron chi connectivity index (χ1n) is 6.83. The van der Waals surface area contributed by atoms with Crippen LogP contribution in [0.5, 0.6) is 0 Å². The minimum absolute atomic E-state index is 0.168. The standard InChI is InChI=1S/C16H23F2N/c1-15(2)14(16(15,3)4)12(19-5)9-10-7-6-8-11(17)13(10)18/h6-8,12,14,19H,9H2,1-5H3. The van der Waals surface area contributed by atoms with Crippen molar-refractivity contribution in [3.8, 4) is 0 Å². The van der Waals surface area contributed by atoms with Crippen molar-refractivity contribution < 1.29 is 8.78 Å². The second kappa shape index (κ2) is 4.55. The number of halogens is 2. The maximum Gasteiger partial charge on any atom is 0.162 e. The summed E-state index contributed by atoms with van der Waals surface area (Å²) in [5.41, 5.74) is 0.910. The lowest BCUT2D eigenvalue weighted by Gasteiger charge is -2.19. The van der Waals surface area contributed by atoms with Crippen molar-refractivity contribution in [1.29, 1.82) is 0 Å². The van der Waals surface area contributed by atoms with Gasteiger partial charge < -0.3 is 5.32 Å². The van der Waals surface area contributed by atoms with E-state index in [2.05, 4.69) is 33.0 Å². The van der Waals surface area contributed by atoms with Gasteiger partial charge in [0.25, 0.3) is 0 Å². The van der Waals surface area contributed by atoms with Crippen LogP contribution in [-0.4, -0.2) is 13.1 Å². The molecule has 2 rings (SSSR count). The molecule has 1 fully saturated rings. The number of likely N-dealkylation sites (N-methyl/N-ethyl adjacent to an activating group) is 1. The maximum atomic E-state index is 13.8. The van der Waals surface area contributed by atoms with Gasteiger partial charge in [0.05, 0.1) is 0 Å². The molecule has 0 saturated heterocycles. The lowest BCUT2D eigenvalue weighted by Crippen LogP contribution is -2.32. The van der Waals surface area contributed by atoms with Gasteiger partial charge in [-0.15, -0.1) is 0 Å². The fourth-order valence-electron chi connectivity index (χ4n) is 3.58.